The van der Waals surface area contributed by atoms with Gasteiger partial charge in [-0.05, 0) is 50.6 Å². The SMILES string of the molecule is C[C@H](N)c1oc(-c2ccc(OC(F)F)c(OCCCCN)c2)nc1C(=O)NCc1ccc(F)cc1F. The summed E-state index contributed by atoms with van der Waals surface area (Å²) < 4.78 is 68.5. The van der Waals surface area contributed by atoms with Gasteiger partial charge >= 0.3 is 6.61 Å². The lowest BCUT2D eigenvalue weighted by atomic mass is 10.2. The molecule has 0 radical (unpaired) electrons. The molecule has 0 aliphatic rings. The molecule has 1 atom stereocenters. The molecule has 5 N–H and O–H groups in total. The Labute approximate surface area is 204 Å². The van der Waals surface area contributed by atoms with Gasteiger partial charge in [0.05, 0.1) is 12.6 Å². The van der Waals surface area contributed by atoms with Gasteiger partial charge in [0.1, 0.15) is 11.6 Å². The number of aromatic nitrogens is 1. The second-order valence-corrected chi connectivity index (χ2v) is 7.82. The monoisotopic (exact) mass is 510 g/mol. The number of alkyl halides is 2. The zero-order valence-electron chi connectivity index (χ0n) is 19.4. The Kier molecular flexibility index (Phi) is 9.25. The van der Waals surface area contributed by atoms with E-state index in [1.54, 1.807) is 6.92 Å². The number of nitrogens with one attached hydrogen (secondary N) is 1. The number of amides is 1. The summed E-state index contributed by atoms with van der Waals surface area (Å²) in [7, 11) is 0. The zero-order valence-corrected chi connectivity index (χ0v) is 19.4. The van der Waals surface area contributed by atoms with Crippen molar-refractivity contribution in [3.63, 3.8) is 0 Å². The van der Waals surface area contributed by atoms with Crippen molar-refractivity contribution >= 4 is 5.91 Å². The first kappa shape index (κ1) is 27.0. The highest BCUT2D eigenvalue weighted by atomic mass is 19.3. The molecule has 0 aliphatic heterocycles. The Bertz CT molecular complexity index is 1190. The third kappa shape index (κ3) is 6.95. The molecule has 0 saturated heterocycles. The maximum Gasteiger partial charge on any atom is 0.387 e. The Morgan fingerprint density at radius 3 is 2.58 bits per heavy atom. The topological polar surface area (TPSA) is 126 Å². The van der Waals surface area contributed by atoms with E-state index in [1.807, 2.05) is 0 Å². The lowest BCUT2D eigenvalue weighted by molar-refractivity contribution is -0.0515. The van der Waals surface area contributed by atoms with Crippen molar-refractivity contribution in [2.45, 2.75) is 39.0 Å². The number of benzene rings is 2. The predicted octanol–water partition coefficient (Wildman–Crippen LogP) is 4.29. The molecular weight excluding hydrogens is 484 g/mol. The number of carbonyl (C=O) groups is 1. The van der Waals surface area contributed by atoms with Crippen molar-refractivity contribution in [2.24, 2.45) is 11.5 Å². The summed E-state index contributed by atoms with van der Waals surface area (Å²) in [6.45, 7) is -1.04. The van der Waals surface area contributed by atoms with Crippen molar-refractivity contribution in [2.75, 3.05) is 13.2 Å². The molecule has 194 valence electrons. The molecule has 0 unspecified atom stereocenters. The molecule has 1 amide bonds. The van der Waals surface area contributed by atoms with Crippen molar-refractivity contribution < 1.29 is 36.2 Å². The number of halogens is 4. The van der Waals surface area contributed by atoms with Crippen molar-refractivity contribution in [1.29, 1.82) is 0 Å². The van der Waals surface area contributed by atoms with Crippen LogP contribution in [0.2, 0.25) is 0 Å². The molecule has 0 saturated carbocycles. The van der Waals surface area contributed by atoms with Crippen molar-refractivity contribution in [3.05, 3.63) is 65.1 Å². The summed E-state index contributed by atoms with van der Waals surface area (Å²) in [6.07, 6.45) is 1.28. The lowest BCUT2D eigenvalue weighted by Crippen LogP contribution is -2.25. The highest BCUT2D eigenvalue weighted by Crippen LogP contribution is 2.35. The number of hydrogen-bond donors (Lipinski definition) is 3. The smallest absolute Gasteiger partial charge is 0.387 e. The van der Waals surface area contributed by atoms with Gasteiger partial charge in [-0.3, -0.25) is 4.79 Å². The summed E-state index contributed by atoms with van der Waals surface area (Å²) in [4.78, 5) is 17.0. The van der Waals surface area contributed by atoms with E-state index in [4.69, 9.17) is 20.6 Å². The van der Waals surface area contributed by atoms with Crippen LogP contribution in [0.4, 0.5) is 17.6 Å². The van der Waals surface area contributed by atoms with Crippen LogP contribution in [0.5, 0.6) is 11.5 Å². The van der Waals surface area contributed by atoms with Gasteiger partial charge < -0.3 is 30.7 Å². The lowest BCUT2D eigenvalue weighted by Gasteiger charge is -2.13. The standard InChI is InChI=1S/C24H26F4N4O4/c1-13(30)21-20(22(33)31-12-15-4-6-16(25)11-17(15)26)32-23(36-21)14-5-7-18(35-24(27)28)19(10-14)34-9-3-2-8-29/h4-7,10-11,13,24H,2-3,8-9,12,29-30H2,1H3,(H,31,33)/t13-/m0/s1. The van der Waals surface area contributed by atoms with Gasteiger partial charge in [0.25, 0.3) is 5.91 Å². The molecule has 8 nitrogen and oxygen atoms in total. The molecule has 0 fully saturated rings. The number of unbranched alkanes of at least 4 members (excludes halogenated alkanes) is 1. The van der Waals surface area contributed by atoms with Gasteiger partial charge in [-0.25, -0.2) is 13.8 Å². The maximum atomic E-state index is 13.9. The molecule has 0 bridgehead atoms. The van der Waals surface area contributed by atoms with Crippen LogP contribution >= 0.6 is 0 Å². The Morgan fingerprint density at radius 1 is 1.14 bits per heavy atom. The summed E-state index contributed by atoms with van der Waals surface area (Å²) in [5.41, 5.74) is 11.7. The fraction of sp³-hybridized carbons (Fsp3) is 0.333. The van der Waals surface area contributed by atoms with Gasteiger partial charge in [-0.2, -0.15) is 8.78 Å². The first-order chi connectivity index (χ1) is 17.2. The van der Waals surface area contributed by atoms with Crippen LogP contribution in [0, 0.1) is 11.6 Å². The Balaban J connectivity index is 1.86. The fourth-order valence-corrected chi connectivity index (χ4v) is 3.23. The molecule has 3 aromatic rings. The quantitative estimate of drug-likeness (QED) is 0.245. The zero-order chi connectivity index (χ0) is 26.2. The van der Waals surface area contributed by atoms with E-state index >= 15 is 0 Å². The second kappa shape index (κ2) is 12.4. The van der Waals surface area contributed by atoms with Crippen LogP contribution < -0.4 is 26.3 Å². The minimum atomic E-state index is -3.06. The molecule has 12 heteroatoms. The highest BCUT2D eigenvalue weighted by molar-refractivity contribution is 5.94. The van der Waals surface area contributed by atoms with Gasteiger partial charge in [0.2, 0.25) is 5.89 Å². The fourth-order valence-electron chi connectivity index (χ4n) is 3.23. The first-order valence-electron chi connectivity index (χ1n) is 11.1. The molecule has 36 heavy (non-hydrogen) atoms. The third-order valence-electron chi connectivity index (χ3n) is 5.00. The molecule has 0 spiro atoms. The number of oxazole rings is 1. The maximum absolute atomic E-state index is 13.9. The third-order valence-corrected chi connectivity index (χ3v) is 5.00. The molecule has 2 aromatic carbocycles. The molecule has 3 rings (SSSR count). The number of rotatable bonds is 12. The van der Waals surface area contributed by atoms with Crippen LogP contribution in [0.3, 0.4) is 0 Å². The number of ether oxygens (including phenoxy) is 2. The average Bonchev–Trinajstić information content (AvgIpc) is 3.28. The van der Waals surface area contributed by atoms with E-state index in [9.17, 15) is 22.4 Å². The Hall–Kier alpha value is -3.64. The van der Waals surface area contributed by atoms with Crippen LogP contribution in [0.1, 0.15) is 47.6 Å². The van der Waals surface area contributed by atoms with E-state index in [0.29, 0.717) is 31.0 Å². The van der Waals surface area contributed by atoms with Crippen LogP contribution in [0.25, 0.3) is 11.5 Å². The molecular formula is C24H26F4N4O4. The molecule has 0 aliphatic carbocycles. The largest absolute Gasteiger partial charge is 0.490 e. The molecule has 1 heterocycles. The van der Waals surface area contributed by atoms with Crippen LogP contribution in [0.15, 0.2) is 40.8 Å². The Morgan fingerprint density at radius 2 is 1.92 bits per heavy atom. The van der Waals surface area contributed by atoms with Gasteiger partial charge in [-0.1, -0.05) is 6.07 Å². The van der Waals surface area contributed by atoms with Crippen LogP contribution in [-0.2, 0) is 6.54 Å². The van der Waals surface area contributed by atoms with E-state index in [1.165, 1.54) is 24.3 Å². The number of hydrogen-bond acceptors (Lipinski definition) is 7. The number of carbonyl (C=O) groups excluding carboxylic acids is 1. The minimum absolute atomic E-state index is 0.0178. The van der Waals surface area contributed by atoms with Crippen molar-refractivity contribution in [3.8, 4) is 23.0 Å². The number of nitrogens with zero attached hydrogens (tertiary/aromatic N) is 1. The second-order valence-electron chi connectivity index (χ2n) is 7.82. The molecule has 1 aromatic heterocycles. The number of nitrogens with two attached hydrogens (primary N) is 2. The van der Waals surface area contributed by atoms with Crippen molar-refractivity contribution in [1.82, 2.24) is 10.3 Å². The van der Waals surface area contributed by atoms with Gasteiger partial charge in [0.15, 0.2) is 23.0 Å². The highest BCUT2D eigenvalue weighted by Gasteiger charge is 2.24. The normalized spacial score (nSPS) is 12.0. The summed E-state index contributed by atoms with van der Waals surface area (Å²) >= 11 is 0. The summed E-state index contributed by atoms with van der Waals surface area (Å²) in [5.74, 6) is -2.36. The minimum Gasteiger partial charge on any atom is -0.490 e. The van der Waals surface area contributed by atoms with Crippen LogP contribution in [-0.4, -0.2) is 30.7 Å². The summed E-state index contributed by atoms with van der Waals surface area (Å²) in [6, 6.07) is 6.34. The van der Waals surface area contributed by atoms with Gasteiger partial charge in [0, 0.05) is 23.7 Å². The van der Waals surface area contributed by atoms with E-state index < -0.39 is 30.2 Å². The van der Waals surface area contributed by atoms with E-state index in [2.05, 4.69) is 15.0 Å². The first-order valence-corrected chi connectivity index (χ1v) is 11.1. The van der Waals surface area contributed by atoms with Gasteiger partial charge in [-0.15, -0.1) is 0 Å². The predicted molar refractivity (Wildman–Crippen MR) is 122 cm³/mol. The summed E-state index contributed by atoms with van der Waals surface area (Å²) in [5, 5.41) is 2.50. The van der Waals surface area contributed by atoms with E-state index in [0.717, 1.165) is 6.07 Å². The average molecular weight is 510 g/mol. The van der Waals surface area contributed by atoms with E-state index in [-0.39, 0.29) is 47.6 Å².